The minimum Gasteiger partial charge on any atom is -0.390 e. The van der Waals surface area contributed by atoms with E-state index in [1.54, 1.807) is 0 Å². The van der Waals surface area contributed by atoms with Gasteiger partial charge >= 0.3 is 0 Å². The first-order valence-electron chi connectivity index (χ1n) is 12.0. The molecule has 0 heterocycles. The van der Waals surface area contributed by atoms with Crippen molar-refractivity contribution < 1.29 is 5.11 Å². The molecule has 0 aromatic carbocycles. The Morgan fingerprint density at radius 1 is 0.462 bits per heavy atom. The molecule has 0 spiro atoms. The molecule has 0 aromatic heterocycles. The fraction of sp³-hybridized carbons (Fsp3) is 1.00. The highest BCUT2D eigenvalue weighted by Gasteiger charge is 2.21. The maximum Gasteiger partial charge on any atom is 0.0592 e. The van der Waals surface area contributed by atoms with Crippen LogP contribution in [0.2, 0.25) is 0 Å². The summed E-state index contributed by atoms with van der Waals surface area (Å²) >= 11 is 0. The predicted octanol–water partition coefficient (Wildman–Crippen LogP) is 8.83. The number of aliphatic hydroxyl groups is 1. The standard InChI is InChI=1S/C25H52O/c1-6-7-8-9-10-11-12-13-14-15-16-17-18-19-20-21-24(2,3)22-23-25(4,5)26/h26H,6-23H2,1-5H3. The van der Waals surface area contributed by atoms with Gasteiger partial charge in [-0.15, -0.1) is 0 Å². The van der Waals surface area contributed by atoms with Crippen LogP contribution in [0.5, 0.6) is 0 Å². The van der Waals surface area contributed by atoms with Crippen LogP contribution in [0.1, 0.15) is 150 Å². The molecule has 0 saturated heterocycles. The second kappa shape index (κ2) is 16.0. The first-order chi connectivity index (χ1) is 12.3. The molecule has 158 valence electrons. The minimum absolute atomic E-state index is 0.385. The van der Waals surface area contributed by atoms with E-state index < -0.39 is 5.60 Å². The smallest absolute Gasteiger partial charge is 0.0592 e. The van der Waals surface area contributed by atoms with Crippen molar-refractivity contribution >= 4 is 0 Å². The maximum atomic E-state index is 9.88. The summed E-state index contributed by atoms with van der Waals surface area (Å²) in [6.45, 7) is 10.9. The maximum absolute atomic E-state index is 9.88. The molecule has 0 saturated carbocycles. The Labute approximate surface area is 166 Å². The molecule has 1 heteroatoms. The summed E-state index contributed by atoms with van der Waals surface area (Å²) in [5.74, 6) is 0. The first-order valence-corrected chi connectivity index (χ1v) is 12.0. The third-order valence-corrected chi connectivity index (χ3v) is 5.87. The Morgan fingerprint density at radius 3 is 1.15 bits per heavy atom. The van der Waals surface area contributed by atoms with Crippen molar-refractivity contribution in [2.75, 3.05) is 0 Å². The molecular weight excluding hydrogens is 316 g/mol. The zero-order chi connectivity index (χ0) is 19.7. The molecule has 0 aliphatic heterocycles. The van der Waals surface area contributed by atoms with Gasteiger partial charge in [0.05, 0.1) is 5.60 Å². The Kier molecular flexibility index (Phi) is 15.9. The van der Waals surface area contributed by atoms with E-state index >= 15 is 0 Å². The van der Waals surface area contributed by atoms with Crippen molar-refractivity contribution in [1.29, 1.82) is 0 Å². The highest BCUT2D eigenvalue weighted by atomic mass is 16.3. The zero-order valence-corrected chi connectivity index (χ0v) is 19.2. The summed E-state index contributed by atoms with van der Waals surface area (Å²) in [4.78, 5) is 0. The highest BCUT2D eigenvalue weighted by Crippen LogP contribution is 2.31. The Bertz CT molecular complexity index is 287. The monoisotopic (exact) mass is 368 g/mol. The topological polar surface area (TPSA) is 20.2 Å². The van der Waals surface area contributed by atoms with Crippen molar-refractivity contribution in [2.24, 2.45) is 5.41 Å². The van der Waals surface area contributed by atoms with Crippen LogP contribution in [0.15, 0.2) is 0 Å². The van der Waals surface area contributed by atoms with E-state index in [0.717, 1.165) is 12.8 Å². The molecule has 1 nitrogen and oxygen atoms in total. The molecule has 1 N–H and O–H groups in total. The molecule has 0 rings (SSSR count). The molecule has 0 amide bonds. The molecule has 0 bridgehead atoms. The fourth-order valence-corrected chi connectivity index (χ4v) is 3.74. The zero-order valence-electron chi connectivity index (χ0n) is 19.2. The van der Waals surface area contributed by atoms with Gasteiger partial charge in [0, 0.05) is 0 Å². The molecule has 0 radical (unpaired) electrons. The summed E-state index contributed by atoms with van der Waals surface area (Å²) in [5.41, 5.74) is -0.122. The van der Waals surface area contributed by atoms with Crippen molar-refractivity contribution in [2.45, 2.75) is 156 Å². The van der Waals surface area contributed by atoms with Gasteiger partial charge in [0.1, 0.15) is 0 Å². The van der Waals surface area contributed by atoms with Gasteiger partial charge in [-0.1, -0.05) is 117 Å². The van der Waals surface area contributed by atoms with Gasteiger partial charge in [0.25, 0.3) is 0 Å². The van der Waals surface area contributed by atoms with Crippen LogP contribution in [0, 0.1) is 5.41 Å². The molecule has 0 unspecified atom stereocenters. The second-order valence-corrected chi connectivity index (χ2v) is 10.2. The Balaban J connectivity index is 3.28. The van der Waals surface area contributed by atoms with Crippen LogP contribution in [0.3, 0.4) is 0 Å². The number of hydrogen-bond acceptors (Lipinski definition) is 1. The number of unbranched alkanes of at least 4 members (excludes halogenated alkanes) is 14. The van der Waals surface area contributed by atoms with E-state index in [4.69, 9.17) is 0 Å². The van der Waals surface area contributed by atoms with Gasteiger partial charge in [-0.05, 0) is 38.5 Å². The summed E-state index contributed by atoms with van der Waals surface area (Å²) in [6, 6.07) is 0. The largest absolute Gasteiger partial charge is 0.390 e. The average molecular weight is 369 g/mol. The average Bonchev–Trinajstić information content (AvgIpc) is 2.56. The lowest BCUT2D eigenvalue weighted by Gasteiger charge is -2.28. The van der Waals surface area contributed by atoms with E-state index in [1.807, 2.05) is 13.8 Å². The van der Waals surface area contributed by atoms with Crippen molar-refractivity contribution in [3.05, 3.63) is 0 Å². The van der Waals surface area contributed by atoms with Gasteiger partial charge in [0.2, 0.25) is 0 Å². The number of rotatable bonds is 19. The molecular formula is C25H52O. The summed E-state index contributed by atoms with van der Waals surface area (Å²) in [6.07, 6.45) is 24.9. The van der Waals surface area contributed by atoms with Gasteiger partial charge in [0.15, 0.2) is 0 Å². The van der Waals surface area contributed by atoms with E-state index in [1.165, 1.54) is 103 Å². The second-order valence-electron chi connectivity index (χ2n) is 10.2. The minimum atomic E-state index is -0.508. The SMILES string of the molecule is CCCCCCCCCCCCCCCCCC(C)(C)CCC(C)(C)O. The highest BCUT2D eigenvalue weighted by molar-refractivity contribution is 4.74. The van der Waals surface area contributed by atoms with Crippen molar-refractivity contribution in [3.63, 3.8) is 0 Å². The van der Waals surface area contributed by atoms with Crippen LogP contribution in [0.4, 0.5) is 0 Å². The van der Waals surface area contributed by atoms with Crippen LogP contribution >= 0.6 is 0 Å². The Hall–Kier alpha value is -0.0400. The molecule has 0 aliphatic carbocycles. The van der Waals surface area contributed by atoms with Gasteiger partial charge in [-0.3, -0.25) is 0 Å². The fourth-order valence-electron chi connectivity index (χ4n) is 3.74. The summed E-state index contributed by atoms with van der Waals surface area (Å²) in [5, 5.41) is 9.88. The lowest BCUT2D eigenvalue weighted by molar-refractivity contribution is 0.0549. The third-order valence-electron chi connectivity index (χ3n) is 5.87. The molecule has 0 atom stereocenters. The molecule has 0 fully saturated rings. The Morgan fingerprint density at radius 2 is 0.808 bits per heavy atom. The lowest BCUT2D eigenvalue weighted by atomic mass is 9.80. The molecule has 0 aromatic rings. The quantitative estimate of drug-likeness (QED) is 0.226. The van der Waals surface area contributed by atoms with Crippen LogP contribution in [0.25, 0.3) is 0 Å². The van der Waals surface area contributed by atoms with Crippen LogP contribution in [-0.4, -0.2) is 10.7 Å². The third kappa shape index (κ3) is 20.3. The van der Waals surface area contributed by atoms with Gasteiger partial charge in [-0.2, -0.15) is 0 Å². The van der Waals surface area contributed by atoms with Gasteiger partial charge in [-0.25, -0.2) is 0 Å². The predicted molar refractivity (Wildman–Crippen MR) is 119 cm³/mol. The van der Waals surface area contributed by atoms with E-state index in [-0.39, 0.29) is 0 Å². The first kappa shape index (κ1) is 26.0. The van der Waals surface area contributed by atoms with E-state index in [2.05, 4.69) is 20.8 Å². The van der Waals surface area contributed by atoms with E-state index in [0.29, 0.717) is 5.41 Å². The summed E-state index contributed by atoms with van der Waals surface area (Å²) in [7, 11) is 0. The molecule has 26 heavy (non-hydrogen) atoms. The number of hydrogen-bond donors (Lipinski definition) is 1. The van der Waals surface area contributed by atoms with Crippen LogP contribution < -0.4 is 0 Å². The summed E-state index contributed by atoms with van der Waals surface area (Å²) < 4.78 is 0. The van der Waals surface area contributed by atoms with E-state index in [9.17, 15) is 5.11 Å². The van der Waals surface area contributed by atoms with Gasteiger partial charge < -0.3 is 5.11 Å². The molecule has 0 aliphatic rings. The van der Waals surface area contributed by atoms with Crippen molar-refractivity contribution in [1.82, 2.24) is 0 Å². The van der Waals surface area contributed by atoms with Crippen LogP contribution in [-0.2, 0) is 0 Å². The van der Waals surface area contributed by atoms with Crippen molar-refractivity contribution in [3.8, 4) is 0 Å². The lowest BCUT2D eigenvalue weighted by Crippen LogP contribution is -2.22. The normalized spacial score (nSPS) is 12.7.